The molecule has 23 heavy (non-hydrogen) atoms. The minimum atomic E-state index is -1.32. The first-order chi connectivity index (χ1) is 11.1. The SMILES string of the molecule is Cc1nnc(CS(=O)c2cc3c(cc2Cl)OCCO3)n1C1CC1. The monoisotopic (exact) mass is 353 g/mol. The lowest BCUT2D eigenvalue weighted by Gasteiger charge is -2.19. The molecule has 122 valence electrons. The predicted octanol–water partition coefficient (Wildman–Crippen LogP) is 2.65. The van der Waals surface area contributed by atoms with Crippen LogP contribution in [0.5, 0.6) is 11.5 Å². The van der Waals surface area contributed by atoms with Gasteiger partial charge in [-0.25, -0.2) is 0 Å². The summed E-state index contributed by atoms with van der Waals surface area (Å²) in [4.78, 5) is 0.541. The number of fused-ring (bicyclic) bond motifs is 1. The fraction of sp³-hybridized carbons (Fsp3) is 0.467. The van der Waals surface area contributed by atoms with Gasteiger partial charge in [0.2, 0.25) is 0 Å². The molecule has 0 saturated heterocycles. The van der Waals surface area contributed by atoms with Crippen molar-refractivity contribution in [3.63, 3.8) is 0 Å². The summed E-state index contributed by atoms with van der Waals surface area (Å²) < 4.78 is 25.9. The molecular weight excluding hydrogens is 338 g/mol. The van der Waals surface area contributed by atoms with E-state index in [1.807, 2.05) is 6.92 Å². The van der Waals surface area contributed by atoms with Crippen molar-refractivity contribution in [2.45, 2.75) is 36.5 Å². The minimum absolute atomic E-state index is 0.288. The van der Waals surface area contributed by atoms with Crippen molar-refractivity contribution in [3.05, 3.63) is 28.8 Å². The summed E-state index contributed by atoms with van der Waals surface area (Å²) in [5, 5.41) is 8.72. The van der Waals surface area contributed by atoms with Crippen LogP contribution in [0.3, 0.4) is 0 Å². The highest BCUT2D eigenvalue weighted by molar-refractivity contribution is 7.84. The quantitative estimate of drug-likeness (QED) is 0.845. The van der Waals surface area contributed by atoms with Gasteiger partial charge in [-0.05, 0) is 19.8 Å². The van der Waals surface area contributed by atoms with Crippen LogP contribution in [0.1, 0.15) is 30.5 Å². The van der Waals surface area contributed by atoms with Crippen molar-refractivity contribution in [3.8, 4) is 11.5 Å². The van der Waals surface area contributed by atoms with Crippen LogP contribution >= 0.6 is 11.6 Å². The fourth-order valence-electron chi connectivity index (χ4n) is 2.73. The minimum Gasteiger partial charge on any atom is -0.486 e. The Morgan fingerprint density at radius 1 is 1.26 bits per heavy atom. The lowest BCUT2D eigenvalue weighted by molar-refractivity contribution is 0.171. The number of ether oxygens (including phenoxy) is 2. The second-order valence-electron chi connectivity index (χ2n) is 5.68. The number of benzene rings is 1. The van der Waals surface area contributed by atoms with E-state index in [1.165, 1.54) is 0 Å². The molecule has 2 aliphatic rings. The topological polar surface area (TPSA) is 66.2 Å². The molecule has 1 aliphatic heterocycles. The van der Waals surface area contributed by atoms with Crippen LogP contribution in [-0.4, -0.2) is 32.2 Å². The maximum absolute atomic E-state index is 12.8. The molecule has 0 N–H and O–H groups in total. The second-order valence-corrected chi connectivity index (χ2v) is 7.51. The number of aromatic nitrogens is 3. The largest absolute Gasteiger partial charge is 0.486 e. The molecule has 4 rings (SSSR count). The lowest BCUT2D eigenvalue weighted by atomic mass is 10.3. The van der Waals surface area contributed by atoms with E-state index < -0.39 is 10.8 Å². The van der Waals surface area contributed by atoms with Crippen LogP contribution in [0.2, 0.25) is 5.02 Å². The maximum atomic E-state index is 12.8. The molecule has 0 amide bonds. The Labute approximate surface area is 141 Å². The van der Waals surface area contributed by atoms with E-state index in [2.05, 4.69) is 14.8 Å². The molecule has 6 nitrogen and oxygen atoms in total. The van der Waals surface area contributed by atoms with E-state index >= 15 is 0 Å². The van der Waals surface area contributed by atoms with Gasteiger partial charge in [-0.3, -0.25) is 4.21 Å². The van der Waals surface area contributed by atoms with Crippen molar-refractivity contribution in [1.82, 2.24) is 14.8 Å². The highest BCUT2D eigenvalue weighted by Gasteiger charge is 2.29. The fourth-order valence-corrected chi connectivity index (χ4v) is 4.25. The number of rotatable bonds is 4. The lowest BCUT2D eigenvalue weighted by Crippen LogP contribution is -2.16. The number of nitrogens with zero attached hydrogens (tertiary/aromatic N) is 3. The first-order valence-corrected chi connectivity index (χ1v) is 9.21. The highest BCUT2D eigenvalue weighted by Crippen LogP contribution is 2.39. The molecule has 0 spiro atoms. The molecular formula is C15H16ClN3O3S. The van der Waals surface area contributed by atoms with Gasteiger partial charge >= 0.3 is 0 Å². The van der Waals surface area contributed by atoms with Crippen LogP contribution in [0.4, 0.5) is 0 Å². The highest BCUT2D eigenvalue weighted by atomic mass is 35.5. The summed E-state index contributed by atoms with van der Waals surface area (Å²) in [5.41, 5.74) is 0. The average molecular weight is 354 g/mol. The predicted molar refractivity (Wildman–Crippen MR) is 85.6 cm³/mol. The van der Waals surface area contributed by atoms with Crippen LogP contribution in [0.25, 0.3) is 0 Å². The molecule has 1 aliphatic carbocycles. The number of hydrogen-bond donors (Lipinski definition) is 0. The molecule has 2 heterocycles. The molecule has 0 bridgehead atoms. The van der Waals surface area contributed by atoms with Crippen LogP contribution < -0.4 is 9.47 Å². The molecule has 1 unspecified atom stereocenters. The normalized spacial score (nSPS) is 18.0. The van der Waals surface area contributed by atoms with E-state index in [-0.39, 0.29) is 5.75 Å². The van der Waals surface area contributed by atoms with Gasteiger partial charge in [0.15, 0.2) is 11.5 Å². The van der Waals surface area contributed by atoms with Crippen molar-refractivity contribution >= 4 is 22.4 Å². The number of halogens is 1. The zero-order valence-corrected chi connectivity index (χ0v) is 14.2. The summed E-state index contributed by atoms with van der Waals surface area (Å²) in [6.45, 7) is 2.90. The van der Waals surface area contributed by atoms with E-state index in [4.69, 9.17) is 21.1 Å². The molecule has 2 aromatic rings. The molecule has 8 heteroatoms. The van der Waals surface area contributed by atoms with Gasteiger partial charge in [-0.1, -0.05) is 11.6 Å². The molecule has 0 radical (unpaired) electrons. The van der Waals surface area contributed by atoms with Gasteiger partial charge in [0.1, 0.15) is 24.9 Å². The van der Waals surface area contributed by atoms with E-state index in [1.54, 1.807) is 12.1 Å². The maximum Gasteiger partial charge on any atom is 0.162 e. The summed E-state index contributed by atoms with van der Waals surface area (Å²) in [6, 6.07) is 3.82. The first kappa shape index (κ1) is 15.0. The summed E-state index contributed by atoms with van der Waals surface area (Å²) in [5.74, 6) is 3.08. The van der Waals surface area contributed by atoms with Gasteiger partial charge < -0.3 is 14.0 Å². The molecule has 1 atom stereocenters. The van der Waals surface area contributed by atoms with Crippen molar-refractivity contribution in [2.75, 3.05) is 13.2 Å². The van der Waals surface area contributed by atoms with Gasteiger partial charge in [-0.2, -0.15) is 0 Å². The molecule has 1 aromatic heterocycles. The summed E-state index contributed by atoms with van der Waals surface area (Å²) in [6.07, 6.45) is 2.26. The van der Waals surface area contributed by atoms with Crippen molar-refractivity contribution < 1.29 is 13.7 Å². The third-order valence-electron chi connectivity index (χ3n) is 3.95. The third kappa shape index (κ3) is 2.83. The molecule has 1 saturated carbocycles. The Kier molecular flexibility index (Phi) is 3.77. The second kappa shape index (κ2) is 5.79. The Bertz CT molecular complexity index is 789. The Morgan fingerprint density at radius 3 is 2.65 bits per heavy atom. The Hall–Kier alpha value is -1.60. The average Bonchev–Trinajstić information content (AvgIpc) is 3.31. The Morgan fingerprint density at radius 2 is 1.96 bits per heavy atom. The van der Waals surface area contributed by atoms with Crippen LogP contribution in [0.15, 0.2) is 17.0 Å². The first-order valence-electron chi connectivity index (χ1n) is 7.51. The molecule has 1 fully saturated rings. The van der Waals surface area contributed by atoms with Gasteiger partial charge in [0, 0.05) is 18.2 Å². The third-order valence-corrected chi connectivity index (χ3v) is 5.72. The molecule has 1 aromatic carbocycles. The van der Waals surface area contributed by atoms with Crippen molar-refractivity contribution in [1.29, 1.82) is 0 Å². The summed E-state index contributed by atoms with van der Waals surface area (Å²) >= 11 is 6.27. The van der Waals surface area contributed by atoms with E-state index in [0.717, 1.165) is 24.5 Å². The van der Waals surface area contributed by atoms with Crippen LogP contribution in [-0.2, 0) is 16.6 Å². The zero-order chi connectivity index (χ0) is 16.0. The smallest absolute Gasteiger partial charge is 0.162 e. The van der Waals surface area contributed by atoms with E-state index in [0.29, 0.717) is 40.7 Å². The van der Waals surface area contributed by atoms with Gasteiger partial charge in [0.05, 0.1) is 26.5 Å². The van der Waals surface area contributed by atoms with Gasteiger partial charge in [-0.15, -0.1) is 10.2 Å². The van der Waals surface area contributed by atoms with Crippen LogP contribution in [0, 0.1) is 6.92 Å². The number of aryl methyl sites for hydroxylation is 1. The van der Waals surface area contributed by atoms with Crippen molar-refractivity contribution in [2.24, 2.45) is 0 Å². The van der Waals surface area contributed by atoms with E-state index in [9.17, 15) is 4.21 Å². The zero-order valence-electron chi connectivity index (χ0n) is 12.6. The van der Waals surface area contributed by atoms with Gasteiger partial charge in [0.25, 0.3) is 0 Å². The Balaban J connectivity index is 1.62. The number of hydrogen-bond acceptors (Lipinski definition) is 5. The standard InChI is InChI=1S/C15H16ClN3O3S/c1-9-17-18-15(19(9)10-2-3-10)8-23(20)14-7-13-12(6-11(14)16)21-4-5-22-13/h6-7,10H,2-5,8H2,1H3. The summed E-state index contributed by atoms with van der Waals surface area (Å²) in [7, 11) is -1.32.